The Bertz CT molecular complexity index is 406. The summed E-state index contributed by atoms with van der Waals surface area (Å²) in [6.07, 6.45) is 3.12. The number of hydrogen-bond acceptors (Lipinski definition) is 4. The first-order valence-electron chi connectivity index (χ1n) is 6.36. The summed E-state index contributed by atoms with van der Waals surface area (Å²) in [4.78, 5) is 0. The van der Waals surface area contributed by atoms with Gasteiger partial charge in [0.2, 0.25) is 0 Å². The van der Waals surface area contributed by atoms with E-state index in [2.05, 4.69) is 17.4 Å². The van der Waals surface area contributed by atoms with E-state index in [1.54, 1.807) is 14.2 Å². The van der Waals surface area contributed by atoms with Gasteiger partial charge in [-0.15, -0.1) is 0 Å². The quantitative estimate of drug-likeness (QED) is 0.824. The first-order chi connectivity index (χ1) is 8.78. The van der Waals surface area contributed by atoms with Crippen LogP contribution >= 0.6 is 0 Å². The fraction of sp³-hybridized carbons (Fsp3) is 0.571. The minimum atomic E-state index is 0.190. The van der Waals surface area contributed by atoms with Crippen molar-refractivity contribution >= 4 is 0 Å². The first kappa shape index (κ1) is 13.2. The maximum absolute atomic E-state index is 8.84. The second kappa shape index (κ2) is 6.07. The van der Waals surface area contributed by atoms with Gasteiger partial charge < -0.3 is 19.9 Å². The van der Waals surface area contributed by atoms with Crippen LogP contribution in [0, 0.1) is 0 Å². The van der Waals surface area contributed by atoms with Crippen LogP contribution in [0.2, 0.25) is 0 Å². The molecule has 0 spiro atoms. The molecule has 18 heavy (non-hydrogen) atoms. The maximum Gasteiger partial charge on any atom is 0.161 e. The first-order valence-corrected chi connectivity index (χ1v) is 6.36. The molecule has 0 amide bonds. The minimum Gasteiger partial charge on any atom is -0.493 e. The van der Waals surface area contributed by atoms with E-state index in [1.165, 1.54) is 11.1 Å². The van der Waals surface area contributed by atoms with Crippen molar-refractivity contribution in [1.82, 2.24) is 5.32 Å². The highest BCUT2D eigenvalue weighted by Gasteiger charge is 2.20. The average Bonchev–Trinajstić information content (AvgIpc) is 2.43. The van der Waals surface area contributed by atoms with Gasteiger partial charge in [0.1, 0.15) is 0 Å². The Kier molecular flexibility index (Phi) is 4.44. The average molecular weight is 251 g/mol. The Morgan fingerprint density at radius 2 is 1.89 bits per heavy atom. The highest BCUT2D eigenvalue weighted by Crippen LogP contribution is 2.34. The van der Waals surface area contributed by atoms with Gasteiger partial charge in [0, 0.05) is 12.6 Å². The van der Waals surface area contributed by atoms with Crippen molar-refractivity contribution in [2.24, 2.45) is 0 Å². The van der Waals surface area contributed by atoms with Crippen molar-refractivity contribution in [3.63, 3.8) is 0 Å². The molecule has 100 valence electrons. The molecular formula is C14H21NO3. The van der Waals surface area contributed by atoms with Gasteiger partial charge in [0.15, 0.2) is 11.5 Å². The summed E-state index contributed by atoms with van der Waals surface area (Å²) in [5, 5.41) is 12.2. The third-order valence-corrected chi connectivity index (χ3v) is 3.48. The summed E-state index contributed by atoms with van der Waals surface area (Å²) in [5.41, 5.74) is 2.66. The maximum atomic E-state index is 8.84. The number of fused-ring (bicyclic) bond motifs is 1. The molecule has 4 heteroatoms. The zero-order valence-electron chi connectivity index (χ0n) is 11.0. The number of hydrogen-bond donors (Lipinski definition) is 2. The van der Waals surface area contributed by atoms with E-state index in [0.717, 1.165) is 30.8 Å². The fourth-order valence-corrected chi connectivity index (χ4v) is 2.53. The van der Waals surface area contributed by atoms with Gasteiger partial charge in [-0.25, -0.2) is 0 Å². The van der Waals surface area contributed by atoms with Gasteiger partial charge in [-0.05, 0) is 42.5 Å². The summed E-state index contributed by atoms with van der Waals surface area (Å²) in [6, 6.07) is 4.60. The van der Waals surface area contributed by atoms with Crippen LogP contribution in [-0.4, -0.2) is 38.5 Å². The SMILES string of the molecule is COc1cc2c(cc1OC)C[C@H](NCCO)CC2. The monoisotopic (exact) mass is 251 g/mol. The molecule has 1 aromatic carbocycles. The van der Waals surface area contributed by atoms with Crippen LogP contribution in [0.15, 0.2) is 12.1 Å². The van der Waals surface area contributed by atoms with Gasteiger partial charge >= 0.3 is 0 Å². The predicted molar refractivity (Wildman–Crippen MR) is 70.4 cm³/mol. The minimum absolute atomic E-state index is 0.190. The lowest BCUT2D eigenvalue weighted by atomic mass is 9.88. The zero-order valence-corrected chi connectivity index (χ0v) is 11.0. The molecule has 1 aromatic rings. The lowest BCUT2D eigenvalue weighted by Gasteiger charge is -2.26. The standard InChI is InChI=1S/C14H21NO3/c1-17-13-8-10-3-4-12(15-5-6-16)7-11(10)9-14(13)18-2/h8-9,12,15-16H,3-7H2,1-2H3/t12-/m1/s1. The number of aryl methyl sites for hydroxylation is 1. The summed E-state index contributed by atoms with van der Waals surface area (Å²) in [5.74, 6) is 1.59. The van der Waals surface area contributed by atoms with Crippen molar-refractivity contribution in [3.05, 3.63) is 23.3 Å². The van der Waals surface area contributed by atoms with Crippen LogP contribution in [0.1, 0.15) is 17.5 Å². The van der Waals surface area contributed by atoms with E-state index in [9.17, 15) is 0 Å². The summed E-state index contributed by atoms with van der Waals surface area (Å²) >= 11 is 0. The molecular weight excluding hydrogens is 230 g/mol. The Labute approximate surface area is 108 Å². The topological polar surface area (TPSA) is 50.7 Å². The normalized spacial score (nSPS) is 18.3. The highest BCUT2D eigenvalue weighted by atomic mass is 16.5. The van der Waals surface area contributed by atoms with Crippen LogP contribution in [0.3, 0.4) is 0 Å². The number of rotatable bonds is 5. The number of methoxy groups -OCH3 is 2. The molecule has 0 heterocycles. The molecule has 0 fully saturated rings. The van der Waals surface area contributed by atoms with E-state index >= 15 is 0 Å². The molecule has 1 aliphatic carbocycles. The molecule has 0 unspecified atom stereocenters. The van der Waals surface area contributed by atoms with Gasteiger partial charge in [-0.2, -0.15) is 0 Å². The summed E-state index contributed by atoms with van der Waals surface area (Å²) < 4.78 is 10.7. The van der Waals surface area contributed by atoms with Crippen molar-refractivity contribution < 1.29 is 14.6 Å². The molecule has 0 saturated carbocycles. The largest absolute Gasteiger partial charge is 0.493 e. The van der Waals surface area contributed by atoms with Gasteiger partial charge in [-0.1, -0.05) is 0 Å². The summed E-state index contributed by atoms with van der Waals surface area (Å²) in [6.45, 7) is 0.850. The van der Waals surface area contributed by atoms with E-state index in [4.69, 9.17) is 14.6 Å². The van der Waals surface area contributed by atoms with Crippen LogP contribution in [0.5, 0.6) is 11.5 Å². The van der Waals surface area contributed by atoms with Crippen molar-refractivity contribution in [2.45, 2.75) is 25.3 Å². The molecule has 0 aromatic heterocycles. The van der Waals surface area contributed by atoms with E-state index < -0.39 is 0 Å². The molecule has 0 bridgehead atoms. The Morgan fingerprint density at radius 1 is 1.22 bits per heavy atom. The zero-order chi connectivity index (χ0) is 13.0. The second-order valence-electron chi connectivity index (χ2n) is 4.59. The van der Waals surface area contributed by atoms with E-state index in [-0.39, 0.29) is 6.61 Å². The molecule has 0 aliphatic heterocycles. The Balaban J connectivity index is 2.16. The van der Waals surface area contributed by atoms with Gasteiger partial charge in [0.25, 0.3) is 0 Å². The van der Waals surface area contributed by atoms with Crippen LogP contribution in [0.4, 0.5) is 0 Å². The fourth-order valence-electron chi connectivity index (χ4n) is 2.53. The lowest BCUT2D eigenvalue weighted by Crippen LogP contribution is -2.36. The van der Waals surface area contributed by atoms with E-state index in [0.29, 0.717) is 12.6 Å². The van der Waals surface area contributed by atoms with Crippen LogP contribution < -0.4 is 14.8 Å². The molecule has 0 radical (unpaired) electrons. The molecule has 1 atom stereocenters. The number of nitrogens with one attached hydrogen (secondary N) is 1. The molecule has 1 aliphatic rings. The third-order valence-electron chi connectivity index (χ3n) is 3.48. The van der Waals surface area contributed by atoms with Crippen molar-refractivity contribution in [1.29, 1.82) is 0 Å². The molecule has 0 saturated heterocycles. The molecule has 2 N–H and O–H groups in total. The molecule has 4 nitrogen and oxygen atoms in total. The Hall–Kier alpha value is -1.26. The van der Waals surface area contributed by atoms with Gasteiger partial charge in [-0.3, -0.25) is 0 Å². The van der Waals surface area contributed by atoms with Crippen molar-refractivity contribution in [3.8, 4) is 11.5 Å². The van der Waals surface area contributed by atoms with Crippen LogP contribution in [0.25, 0.3) is 0 Å². The second-order valence-corrected chi connectivity index (χ2v) is 4.59. The highest BCUT2D eigenvalue weighted by molar-refractivity contribution is 5.48. The van der Waals surface area contributed by atoms with E-state index in [1.807, 2.05) is 0 Å². The third kappa shape index (κ3) is 2.76. The smallest absolute Gasteiger partial charge is 0.161 e. The number of aliphatic hydroxyl groups excluding tert-OH is 1. The molecule has 2 rings (SSSR count). The number of ether oxygens (including phenoxy) is 2. The number of benzene rings is 1. The predicted octanol–water partition coefficient (Wildman–Crippen LogP) is 1.14. The Morgan fingerprint density at radius 3 is 2.50 bits per heavy atom. The van der Waals surface area contributed by atoms with Gasteiger partial charge in [0.05, 0.1) is 20.8 Å². The lowest BCUT2D eigenvalue weighted by molar-refractivity contribution is 0.280. The van der Waals surface area contributed by atoms with Crippen molar-refractivity contribution in [2.75, 3.05) is 27.4 Å². The number of aliphatic hydroxyl groups is 1. The van der Waals surface area contributed by atoms with Crippen LogP contribution in [-0.2, 0) is 12.8 Å². The summed E-state index contributed by atoms with van der Waals surface area (Å²) in [7, 11) is 3.33.